The van der Waals surface area contributed by atoms with Crippen LogP contribution in [0.15, 0.2) is 24.3 Å². The second kappa shape index (κ2) is 31.5. The van der Waals surface area contributed by atoms with Crippen LogP contribution in [0.25, 0.3) is 0 Å². The van der Waals surface area contributed by atoms with Gasteiger partial charge in [-0.2, -0.15) is 0 Å². The minimum absolute atomic E-state index is 0.0284. The number of carbonyl (C=O) groups excluding carboxylic acids is 2. The van der Waals surface area contributed by atoms with Crippen molar-refractivity contribution >= 4 is 19.8 Å². The lowest BCUT2D eigenvalue weighted by Gasteiger charge is -2.24. The van der Waals surface area contributed by atoms with Crippen molar-refractivity contribution in [3.8, 4) is 0 Å². The third-order valence-electron chi connectivity index (χ3n) is 7.95. The van der Waals surface area contributed by atoms with Gasteiger partial charge in [0.05, 0.1) is 27.7 Å². The van der Waals surface area contributed by atoms with Gasteiger partial charge in [-0.25, -0.2) is 4.57 Å². The molecule has 0 spiro atoms. The summed E-state index contributed by atoms with van der Waals surface area (Å²) in [6, 6.07) is 0. The number of ether oxygens (including phenoxy) is 2. The molecule has 1 unspecified atom stereocenters. The molecule has 0 radical (unpaired) electrons. The standard InChI is InChI=1S/C38H72NO8P/c1-6-8-10-12-14-16-18-19-21-23-25-27-29-31-38(41)47-36(35-46-48(42,43)45-33-32-39(3,4)5)34-44-37(40)30-28-26-24-22-20-17-15-13-11-9-7-2/h13,15,19,21,36H,6-12,14,16-18,20,22-35H2,1-5H3/p+1/b15-13+,21-19+/t36-/m1/s1. The number of hydrogen-bond acceptors (Lipinski definition) is 7. The Bertz CT molecular complexity index is 886. The van der Waals surface area contributed by atoms with Gasteiger partial charge in [0.15, 0.2) is 6.10 Å². The normalized spacial score (nSPS) is 14.0. The van der Waals surface area contributed by atoms with E-state index in [1.54, 1.807) is 0 Å². The van der Waals surface area contributed by atoms with Crippen LogP contribution in [0.3, 0.4) is 0 Å². The minimum atomic E-state index is -4.37. The lowest BCUT2D eigenvalue weighted by molar-refractivity contribution is -0.870. The van der Waals surface area contributed by atoms with Gasteiger partial charge >= 0.3 is 19.8 Å². The molecule has 0 saturated heterocycles. The maximum atomic E-state index is 12.6. The Balaban J connectivity index is 4.49. The molecule has 1 N–H and O–H groups in total. The van der Waals surface area contributed by atoms with Crippen molar-refractivity contribution in [2.24, 2.45) is 0 Å². The van der Waals surface area contributed by atoms with E-state index in [2.05, 4.69) is 38.2 Å². The van der Waals surface area contributed by atoms with Crippen molar-refractivity contribution < 1.29 is 42.1 Å². The molecule has 282 valence electrons. The first-order valence-corrected chi connectivity index (χ1v) is 20.6. The average molecular weight is 703 g/mol. The van der Waals surface area contributed by atoms with E-state index in [9.17, 15) is 19.0 Å². The van der Waals surface area contributed by atoms with Gasteiger partial charge in [0.1, 0.15) is 19.8 Å². The molecule has 0 aromatic heterocycles. The smallest absolute Gasteiger partial charge is 0.462 e. The maximum absolute atomic E-state index is 12.6. The van der Waals surface area contributed by atoms with Crippen molar-refractivity contribution in [2.45, 2.75) is 161 Å². The maximum Gasteiger partial charge on any atom is 0.472 e. The van der Waals surface area contributed by atoms with E-state index >= 15 is 0 Å². The van der Waals surface area contributed by atoms with Crippen LogP contribution in [-0.4, -0.2) is 74.9 Å². The van der Waals surface area contributed by atoms with E-state index in [0.717, 1.165) is 70.6 Å². The molecule has 0 rings (SSSR count). The third-order valence-corrected chi connectivity index (χ3v) is 8.94. The molecule has 0 saturated carbocycles. The zero-order valence-corrected chi connectivity index (χ0v) is 32.4. The molecule has 0 amide bonds. The van der Waals surface area contributed by atoms with E-state index in [-0.39, 0.29) is 32.0 Å². The summed E-state index contributed by atoms with van der Waals surface area (Å²) in [6.07, 6.45) is 30.8. The number of phosphoric ester groups is 1. The first kappa shape index (κ1) is 46.5. The quantitative estimate of drug-likeness (QED) is 0.0232. The summed E-state index contributed by atoms with van der Waals surface area (Å²) in [5.41, 5.74) is 0. The Morgan fingerprint density at radius 1 is 0.625 bits per heavy atom. The zero-order valence-electron chi connectivity index (χ0n) is 31.5. The largest absolute Gasteiger partial charge is 0.472 e. The fourth-order valence-electron chi connectivity index (χ4n) is 4.87. The van der Waals surface area contributed by atoms with Crippen LogP contribution in [0.5, 0.6) is 0 Å². The number of likely N-dealkylation sites (N-methyl/N-ethyl adjacent to an activating group) is 1. The number of hydrogen-bond donors (Lipinski definition) is 1. The highest BCUT2D eigenvalue weighted by Crippen LogP contribution is 2.43. The summed E-state index contributed by atoms with van der Waals surface area (Å²) in [7, 11) is 1.46. The van der Waals surface area contributed by atoms with E-state index in [1.807, 2.05) is 21.1 Å². The fraction of sp³-hybridized carbons (Fsp3) is 0.842. The van der Waals surface area contributed by atoms with Crippen LogP contribution in [0.4, 0.5) is 0 Å². The molecule has 0 aliphatic rings. The number of phosphoric acid groups is 1. The molecule has 0 fully saturated rings. The highest BCUT2D eigenvalue weighted by atomic mass is 31.2. The van der Waals surface area contributed by atoms with Crippen LogP contribution < -0.4 is 0 Å². The van der Waals surface area contributed by atoms with Gasteiger partial charge < -0.3 is 18.9 Å². The third kappa shape index (κ3) is 34.4. The fourth-order valence-corrected chi connectivity index (χ4v) is 5.61. The van der Waals surface area contributed by atoms with Crippen LogP contribution in [0.2, 0.25) is 0 Å². The highest BCUT2D eigenvalue weighted by Gasteiger charge is 2.27. The predicted octanol–water partition coefficient (Wildman–Crippen LogP) is 10.0. The monoisotopic (exact) mass is 703 g/mol. The molecule has 10 heteroatoms. The molecule has 48 heavy (non-hydrogen) atoms. The molecule has 0 bridgehead atoms. The van der Waals surface area contributed by atoms with Crippen molar-refractivity contribution in [1.82, 2.24) is 0 Å². The molecule has 0 aliphatic heterocycles. The molecular weight excluding hydrogens is 629 g/mol. The number of rotatable bonds is 34. The van der Waals surface area contributed by atoms with Crippen molar-refractivity contribution in [1.29, 1.82) is 0 Å². The Hall–Kier alpha value is -1.51. The van der Waals surface area contributed by atoms with E-state index in [0.29, 0.717) is 17.4 Å². The molecule has 0 heterocycles. The minimum Gasteiger partial charge on any atom is -0.462 e. The predicted molar refractivity (Wildman–Crippen MR) is 197 cm³/mol. The Morgan fingerprint density at radius 2 is 1.08 bits per heavy atom. The van der Waals surface area contributed by atoms with E-state index in [1.165, 1.54) is 51.4 Å². The molecule has 0 aromatic rings. The lowest BCUT2D eigenvalue weighted by atomic mass is 10.1. The van der Waals surface area contributed by atoms with Crippen molar-refractivity contribution in [2.75, 3.05) is 47.5 Å². The first-order valence-electron chi connectivity index (χ1n) is 19.1. The second-order valence-corrected chi connectivity index (χ2v) is 15.4. The van der Waals surface area contributed by atoms with Gasteiger partial charge in [-0.3, -0.25) is 18.6 Å². The molecule has 2 atom stereocenters. The van der Waals surface area contributed by atoms with Gasteiger partial charge in [-0.1, -0.05) is 109 Å². The number of carbonyl (C=O) groups is 2. The number of unbranched alkanes of at least 4 members (excludes halogenated alkanes) is 16. The Morgan fingerprint density at radius 3 is 1.62 bits per heavy atom. The summed E-state index contributed by atoms with van der Waals surface area (Å²) in [6.45, 7) is 4.33. The van der Waals surface area contributed by atoms with Crippen LogP contribution >= 0.6 is 7.82 Å². The van der Waals surface area contributed by atoms with Gasteiger partial charge in [0.2, 0.25) is 0 Å². The molecule has 9 nitrogen and oxygen atoms in total. The van der Waals surface area contributed by atoms with E-state index in [4.69, 9.17) is 18.5 Å². The number of nitrogens with zero attached hydrogens (tertiary/aromatic N) is 1. The lowest BCUT2D eigenvalue weighted by Crippen LogP contribution is -2.37. The van der Waals surface area contributed by atoms with Gasteiger partial charge in [-0.05, 0) is 57.8 Å². The topological polar surface area (TPSA) is 108 Å². The summed E-state index contributed by atoms with van der Waals surface area (Å²) in [5.74, 6) is -0.831. The van der Waals surface area contributed by atoms with Gasteiger partial charge in [0.25, 0.3) is 0 Å². The van der Waals surface area contributed by atoms with Crippen LogP contribution in [0, 0.1) is 0 Å². The number of esters is 2. The van der Waals surface area contributed by atoms with Crippen LogP contribution in [-0.2, 0) is 32.7 Å². The molecule has 0 aromatic carbocycles. The average Bonchev–Trinajstić information content (AvgIpc) is 3.02. The van der Waals surface area contributed by atoms with E-state index < -0.39 is 26.5 Å². The molecular formula is C38H73NO8P+. The first-order chi connectivity index (χ1) is 23.0. The number of allylic oxidation sites excluding steroid dienone is 4. The molecule has 0 aliphatic carbocycles. The van der Waals surface area contributed by atoms with Gasteiger partial charge in [-0.15, -0.1) is 0 Å². The van der Waals surface area contributed by atoms with Crippen molar-refractivity contribution in [3.63, 3.8) is 0 Å². The Kier molecular flexibility index (Phi) is 30.5. The number of quaternary nitrogens is 1. The summed E-state index contributed by atoms with van der Waals surface area (Å²) in [4.78, 5) is 35.1. The highest BCUT2D eigenvalue weighted by molar-refractivity contribution is 7.47. The SMILES string of the molecule is CCCC/C=C/CCCCCCCC(=O)OC[C@H](COP(=O)(O)OCC[N+](C)(C)C)OC(=O)CCCCC/C=C/CCCCCCCC. The summed E-state index contributed by atoms with van der Waals surface area (Å²) < 4.78 is 34.1. The Labute approximate surface area is 294 Å². The zero-order chi connectivity index (χ0) is 35.8. The summed E-state index contributed by atoms with van der Waals surface area (Å²) >= 11 is 0. The van der Waals surface area contributed by atoms with Crippen LogP contribution in [0.1, 0.15) is 155 Å². The van der Waals surface area contributed by atoms with Crippen molar-refractivity contribution in [3.05, 3.63) is 24.3 Å². The second-order valence-electron chi connectivity index (χ2n) is 14.0. The summed E-state index contributed by atoms with van der Waals surface area (Å²) in [5, 5.41) is 0. The van der Waals surface area contributed by atoms with Gasteiger partial charge in [0, 0.05) is 12.8 Å².